The first kappa shape index (κ1) is 19.0. The second kappa shape index (κ2) is 7.57. The highest BCUT2D eigenvalue weighted by Gasteiger charge is 2.34. The Hall–Kier alpha value is -2.36. The fourth-order valence-corrected chi connectivity index (χ4v) is 4.84. The fraction of sp³-hybridized carbons (Fsp3) is 0.211. The number of hydrogen-bond acceptors (Lipinski definition) is 6. The molecule has 146 valence electrons. The van der Waals surface area contributed by atoms with Crippen molar-refractivity contribution in [1.82, 2.24) is 3.93 Å². The van der Waals surface area contributed by atoms with Gasteiger partial charge in [-0.3, -0.25) is 8.48 Å². The van der Waals surface area contributed by atoms with Crippen molar-refractivity contribution in [3.63, 3.8) is 0 Å². The number of aliphatic imine (C=N–C) groups is 1. The van der Waals surface area contributed by atoms with Crippen LogP contribution in [0.1, 0.15) is 6.42 Å². The van der Waals surface area contributed by atoms with Gasteiger partial charge >= 0.3 is 0 Å². The van der Waals surface area contributed by atoms with Crippen LogP contribution in [0.25, 0.3) is 0 Å². The van der Waals surface area contributed by atoms with Gasteiger partial charge in [0.1, 0.15) is 11.1 Å². The van der Waals surface area contributed by atoms with E-state index in [1.54, 1.807) is 16.2 Å². The summed E-state index contributed by atoms with van der Waals surface area (Å²) in [5, 5.41) is -1.15. The second-order valence-corrected chi connectivity index (χ2v) is 8.85. The van der Waals surface area contributed by atoms with Crippen LogP contribution in [0, 0.1) is 0 Å². The molecule has 2 aromatic rings. The molecule has 0 saturated heterocycles. The summed E-state index contributed by atoms with van der Waals surface area (Å²) in [7, 11) is -4.35. The number of rotatable bonds is 5. The average molecular weight is 464 g/mol. The van der Waals surface area contributed by atoms with Crippen molar-refractivity contribution in [1.29, 1.82) is 0 Å². The molecule has 0 amide bonds. The van der Waals surface area contributed by atoms with Crippen LogP contribution >= 0.6 is 16.1 Å². The smallest absolute Gasteiger partial charge is 0.275 e. The molecule has 1 unspecified atom stereocenters. The van der Waals surface area contributed by atoms with Crippen LogP contribution in [0.2, 0.25) is 0 Å². The maximum Gasteiger partial charge on any atom is 0.275 e. The number of nitrogens with zero attached hydrogens (tertiary/aromatic N) is 3. The molecule has 0 aromatic heterocycles. The van der Waals surface area contributed by atoms with Crippen molar-refractivity contribution in [2.75, 3.05) is 18.0 Å². The van der Waals surface area contributed by atoms with E-state index < -0.39 is 15.4 Å². The summed E-state index contributed by atoms with van der Waals surface area (Å²) < 4.78 is 41.5. The summed E-state index contributed by atoms with van der Waals surface area (Å²) in [5.74, 6) is 1.66. The molecule has 0 aliphatic carbocycles. The summed E-state index contributed by atoms with van der Waals surface area (Å²) in [6.45, 7) is 0.819. The zero-order valence-electron chi connectivity index (χ0n) is 14.8. The van der Waals surface area contributed by atoms with E-state index in [9.17, 15) is 13.0 Å². The fourth-order valence-electron chi connectivity index (χ4n) is 3.34. The standard InChI is InChI=1S/C19H18BrN3O4S/c20-23-12-5-11-21-19(23)18(28(24,25)26)10-13-22-14-6-1-3-8-16(14)27-17-9-4-2-7-15(17)22/h1-9,11,18H,10,12-13H2,(H,24,25,26). The Balaban J connectivity index is 1.67. The van der Waals surface area contributed by atoms with E-state index in [4.69, 9.17) is 4.74 Å². The van der Waals surface area contributed by atoms with Gasteiger partial charge in [0.2, 0.25) is 0 Å². The van der Waals surface area contributed by atoms with Gasteiger partial charge in [-0.05, 0) is 36.8 Å². The van der Waals surface area contributed by atoms with Gasteiger partial charge in [-0.2, -0.15) is 8.42 Å². The second-order valence-electron chi connectivity index (χ2n) is 6.40. The van der Waals surface area contributed by atoms with E-state index in [1.165, 1.54) is 0 Å². The third kappa shape index (κ3) is 3.65. The maximum absolute atomic E-state index is 12.1. The molecule has 2 aromatic carbocycles. The Morgan fingerprint density at radius 3 is 2.29 bits per heavy atom. The van der Waals surface area contributed by atoms with Crippen LogP contribution in [0.3, 0.4) is 0 Å². The number of ether oxygens (including phenoxy) is 1. The molecular formula is C19H18BrN3O4S. The number of para-hydroxylation sites is 4. The Morgan fingerprint density at radius 2 is 1.71 bits per heavy atom. The lowest BCUT2D eigenvalue weighted by Gasteiger charge is -2.34. The predicted octanol–water partition coefficient (Wildman–Crippen LogP) is 4.11. The number of halogens is 1. The summed E-state index contributed by atoms with van der Waals surface area (Å²) >= 11 is 3.31. The lowest BCUT2D eigenvalue weighted by Crippen LogP contribution is -2.41. The molecule has 7 nitrogen and oxygen atoms in total. The summed E-state index contributed by atoms with van der Waals surface area (Å²) in [5.41, 5.74) is 1.69. The first-order chi connectivity index (χ1) is 13.4. The first-order valence-electron chi connectivity index (χ1n) is 8.71. The molecule has 0 spiro atoms. The highest BCUT2D eigenvalue weighted by Crippen LogP contribution is 2.46. The van der Waals surface area contributed by atoms with Gasteiger partial charge < -0.3 is 9.64 Å². The van der Waals surface area contributed by atoms with Gasteiger partial charge in [-0.25, -0.2) is 4.99 Å². The normalized spacial score (nSPS) is 16.7. The van der Waals surface area contributed by atoms with Gasteiger partial charge in [0.25, 0.3) is 10.1 Å². The number of anilines is 2. The zero-order chi connectivity index (χ0) is 19.7. The predicted molar refractivity (Wildman–Crippen MR) is 112 cm³/mol. The zero-order valence-corrected chi connectivity index (χ0v) is 17.2. The molecule has 2 heterocycles. The van der Waals surface area contributed by atoms with Gasteiger partial charge in [0, 0.05) is 12.7 Å². The van der Waals surface area contributed by atoms with E-state index in [2.05, 4.69) is 21.1 Å². The first-order valence-corrected chi connectivity index (χ1v) is 10.9. The van der Waals surface area contributed by atoms with Crippen LogP contribution in [0.4, 0.5) is 11.4 Å². The molecule has 0 saturated carbocycles. The molecule has 4 rings (SSSR count). The minimum absolute atomic E-state index is 0.149. The van der Waals surface area contributed by atoms with Crippen molar-refractivity contribution < 1.29 is 17.7 Å². The van der Waals surface area contributed by atoms with E-state index >= 15 is 0 Å². The van der Waals surface area contributed by atoms with E-state index in [0.29, 0.717) is 24.6 Å². The van der Waals surface area contributed by atoms with Crippen LogP contribution in [-0.2, 0) is 10.1 Å². The highest BCUT2D eigenvalue weighted by molar-refractivity contribution is 9.07. The molecular weight excluding hydrogens is 446 g/mol. The molecule has 0 bridgehead atoms. The minimum Gasteiger partial charge on any atom is -0.453 e. The third-order valence-corrected chi connectivity index (χ3v) is 6.44. The molecule has 2 aliphatic rings. The van der Waals surface area contributed by atoms with Crippen molar-refractivity contribution in [3.8, 4) is 11.5 Å². The number of hydrogen-bond donors (Lipinski definition) is 1. The van der Waals surface area contributed by atoms with Crippen LogP contribution in [0.15, 0.2) is 65.8 Å². The largest absolute Gasteiger partial charge is 0.453 e. The maximum atomic E-state index is 12.1. The summed E-state index contributed by atoms with van der Waals surface area (Å²) in [6.07, 6.45) is 3.48. The minimum atomic E-state index is -4.35. The molecule has 2 aliphatic heterocycles. The Labute approximate surface area is 172 Å². The van der Waals surface area contributed by atoms with Gasteiger partial charge in [-0.15, -0.1) is 0 Å². The van der Waals surface area contributed by atoms with Crippen LogP contribution in [0.5, 0.6) is 11.5 Å². The molecule has 0 radical (unpaired) electrons. The number of amidine groups is 1. The van der Waals surface area contributed by atoms with Crippen molar-refractivity contribution in [3.05, 3.63) is 60.8 Å². The Kier molecular flexibility index (Phi) is 5.13. The molecule has 0 fully saturated rings. The number of benzene rings is 2. The quantitative estimate of drug-likeness (QED) is 0.530. The van der Waals surface area contributed by atoms with Crippen molar-refractivity contribution in [2.45, 2.75) is 11.7 Å². The molecule has 9 heteroatoms. The third-order valence-electron chi connectivity index (χ3n) is 4.62. The monoisotopic (exact) mass is 463 g/mol. The van der Waals surface area contributed by atoms with Crippen molar-refractivity contribution >= 4 is 43.5 Å². The SMILES string of the molecule is O=S(=O)(O)C(CCN1c2ccccc2Oc2ccccc21)C1=NC=CCN1Br. The Morgan fingerprint density at radius 1 is 1.11 bits per heavy atom. The lowest BCUT2D eigenvalue weighted by atomic mass is 10.1. The number of fused-ring (bicyclic) bond motifs is 2. The van der Waals surface area contributed by atoms with Crippen LogP contribution < -0.4 is 9.64 Å². The Bertz CT molecular complexity index is 1010. The molecule has 1 N–H and O–H groups in total. The van der Waals surface area contributed by atoms with Crippen molar-refractivity contribution in [2.24, 2.45) is 4.99 Å². The summed E-state index contributed by atoms with van der Waals surface area (Å²) in [6, 6.07) is 15.2. The van der Waals surface area contributed by atoms with Gasteiger partial charge in [0.05, 0.1) is 34.1 Å². The van der Waals surface area contributed by atoms with E-state index in [-0.39, 0.29) is 12.3 Å². The van der Waals surface area contributed by atoms with E-state index in [1.807, 2.05) is 53.4 Å². The highest BCUT2D eigenvalue weighted by atomic mass is 79.9. The molecule has 28 heavy (non-hydrogen) atoms. The summed E-state index contributed by atoms with van der Waals surface area (Å²) in [4.78, 5) is 6.17. The van der Waals surface area contributed by atoms with Gasteiger partial charge in [-0.1, -0.05) is 24.3 Å². The average Bonchev–Trinajstić information content (AvgIpc) is 2.67. The lowest BCUT2D eigenvalue weighted by molar-refractivity contribution is 0.467. The molecule has 1 atom stereocenters. The van der Waals surface area contributed by atoms with Crippen LogP contribution in [-0.4, -0.2) is 41.1 Å². The van der Waals surface area contributed by atoms with E-state index in [0.717, 1.165) is 11.4 Å². The van der Waals surface area contributed by atoms with Gasteiger partial charge in [0.15, 0.2) is 11.5 Å². The topological polar surface area (TPSA) is 82.4 Å².